The van der Waals surface area contributed by atoms with E-state index in [0.717, 1.165) is 17.1 Å². The maximum Gasteiger partial charge on any atom is 0.339 e. The number of rotatable bonds is 4. The van der Waals surface area contributed by atoms with Gasteiger partial charge >= 0.3 is 5.97 Å². The third-order valence-corrected chi connectivity index (χ3v) is 2.79. The Balaban J connectivity index is 2.23. The molecule has 0 radical (unpaired) electrons. The van der Waals surface area contributed by atoms with Crippen LogP contribution in [0.1, 0.15) is 21.8 Å². The predicted octanol–water partition coefficient (Wildman–Crippen LogP) is 2.41. The number of hydrogen-bond acceptors (Lipinski definition) is 5. The van der Waals surface area contributed by atoms with Gasteiger partial charge < -0.3 is 14.2 Å². The van der Waals surface area contributed by atoms with E-state index in [2.05, 4.69) is 5.16 Å². The van der Waals surface area contributed by atoms with Crippen molar-refractivity contribution < 1.29 is 14.1 Å². The molecule has 0 saturated heterocycles. The van der Waals surface area contributed by atoms with Crippen molar-refractivity contribution in [3.63, 3.8) is 0 Å². The molecule has 2 rings (SSSR count). The van der Waals surface area contributed by atoms with Crippen LogP contribution in [0.4, 0.5) is 5.69 Å². The van der Waals surface area contributed by atoms with Gasteiger partial charge in [-0.3, -0.25) is 0 Å². The van der Waals surface area contributed by atoms with Gasteiger partial charge in [0.15, 0.2) is 5.76 Å². The molecule has 0 saturated carbocycles. The Hall–Kier alpha value is -2.30. The molecule has 0 unspecified atom stereocenters. The molecule has 0 amide bonds. The van der Waals surface area contributed by atoms with Crippen molar-refractivity contribution >= 4 is 11.7 Å². The number of carbonyl (C=O) groups excluding carboxylic acids is 1. The first-order valence-corrected chi connectivity index (χ1v) is 5.92. The van der Waals surface area contributed by atoms with Crippen LogP contribution < -0.4 is 4.90 Å². The van der Waals surface area contributed by atoms with E-state index in [1.807, 2.05) is 43.1 Å². The zero-order valence-electron chi connectivity index (χ0n) is 11.2. The fourth-order valence-electron chi connectivity index (χ4n) is 1.90. The van der Waals surface area contributed by atoms with Gasteiger partial charge in [-0.1, -0.05) is 17.3 Å². The molecular weight excluding hydrogens is 244 g/mol. The number of ether oxygens (including phenoxy) is 1. The molecule has 2 aromatic rings. The first-order valence-electron chi connectivity index (χ1n) is 5.92. The number of hydrogen-bond donors (Lipinski definition) is 0. The van der Waals surface area contributed by atoms with Gasteiger partial charge in [-0.05, 0) is 19.1 Å². The van der Waals surface area contributed by atoms with Crippen LogP contribution in [0.25, 0.3) is 0 Å². The lowest BCUT2D eigenvalue weighted by molar-refractivity contribution is 0.0601. The van der Waals surface area contributed by atoms with E-state index in [1.54, 1.807) is 6.07 Å². The van der Waals surface area contributed by atoms with E-state index in [1.165, 1.54) is 7.11 Å². The van der Waals surface area contributed by atoms with Crippen molar-refractivity contribution in [2.45, 2.75) is 13.5 Å². The number of aromatic nitrogens is 1. The van der Waals surface area contributed by atoms with E-state index < -0.39 is 0 Å². The van der Waals surface area contributed by atoms with Gasteiger partial charge in [0.2, 0.25) is 0 Å². The third kappa shape index (κ3) is 2.93. The summed E-state index contributed by atoms with van der Waals surface area (Å²) < 4.78 is 9.96. The second-order valence-electron chi connectivity index (χ2n) is 4.30. The average molecular weight is 260 g/mol. The summed E-state index contributed by atoms with van der Waals surface area (Å²) in [5.41, 5.74) is 2.16. The Bertz CT molecular complexity index is 578. The highest BCUT2D eigenvalue weighted by Gasteiger charge is 2.15. The molecule has 1 aromatic carbocycles. The average Bonchev–Trinajstić information content (AvgIpc) is 2.83. The van der Waals surface area contributed by atoms with E-state index in [-0.39, 0.29) is 5.97 Å². The molecule has 0 atom stereocenters. The number of para-hydroxylation sites is 1. The van der Waals surface area contributed by atoms with Gasteiger partial charge in [0, 0.05) is 13.1 Å². The normalized spacial score (nSPS) is 10.3. The molecule has 0 spiro atoms. The minimum absolute atomic E-state index is 0.351. The lowest BCUT2D eigenvalue weighted by Crippen LogP contribution is -2.19. The largest absolute Gasteiger partial charge is 0.465 e. The molecule has 0 aliphatic heterocycles. The molecule has 1 heterocycles. The molecule has 5 nitrogen and oxygen atoms in total. The number of benzene rings is 1. The minimum atomic E-state index is -0.351. The van der Waals surface area contributed by atoms with Crippen LogP contribution in [0.15, 0.2) is 34.9 Å². The van der Waals surface area contributed by atoms with Gasteiger partial charge in [0.25, 0.3) is 0 Å². The lowest BCUT2D eigenvalue weighted by atomic mass is 10.1. The van der Waals surface area contributed by atoms with Crippen LogP contribution in [0, 0.1) is 6.92 Å². The molecule has 19 heavy (non-hydrogen) atoms. The van der Waals surface area contributed by atoms with E-state index >= 15 is 0 Å². The molecule has 0 N–H and O–H groups in total. The summed E-state index contributed by atoms with van der Waals surface area (Å²) in [5.74, 6) is 0.399. The monoisotopic (exact) mass is 260 g/mol. The number of anilines is 1. The Kier molecular flexibility index (Phi) is 3.85. The molecule has 0 fully saturated rings. The van der Waals surface area contributed by atoms with Crippen molar-refractivity contribution in [2.75, 3.05) is 19.1 Å². The lowest BCUT2D eigenvalue weighted by Gasteiger charge is -2.20. The van der Waals surface area contributed by atoms with E-state index in [0.29, 0.717) is 12.1 Å². The predicted molar refractivity (Wildman–Crippen MR) is 71.1 cm³/mol. The van der Waals surface area contributed by atoms with Crippen molar-refractivity contribution in [3.8, 4) is 0 Å². The summed E-state index contributed by atoms with van der Waals surface area (Å²) in [6.45, 7) is 2.41. The molecular formula is C14H16N2O3. The molecule has 1 aromatic heterocycles. The summed E-state index contributed by atoms with van der Waals surface area (Å²) >= 11 is 0. The van der Waals surface area contributed by atoms with Gasteiger partial charge in [0.1, 0.15) is 0 Å². The van der Waals surface area contributed by atoms with Crippen LogP contribution in [-0.4, -0.2) is 25.3 Å². The van der Waals surface area contributed by atoms with Crippen LogP contribution in [0.2, 0.25) is 0 Å². The highest BCUT2D eigenvalue weighted by molar-refractivity contribution is 5.95. The first kappa shape index (κ1) is 13.1. The summed E-state index contributed by atoms with van der Waals surface area (Å²) in [7, 11) is 3.26. The Morgan fingerprint density at radius 1 is 1.42 bits per heavy atom. The van der Waals surface area contributed by atoms with Crippen molar-refractivity contribution in [1.82, 2.24) is 5.16 Å². The third-order valence-electron chi connectivity index (χ3n) is 2.79. The molecule has 0 bridgehead atoms. The standard InChI is InChI=1S/C14H16N2O3/c1-10-8-11(19-15-10)9-16(2)13-7-5-4-6-12(13)14(17)18-3/h4-8H,9H2,1-3H3. The first-order chi connectivity index (χ1) is 9.11. The van der Waals surface area contributed by atoms with Crippen LogP contribution in [0.5, 0.6) is 0 Å². The smallest absolute Gasteiger partial charge is 0.339 e. The highest BCUT2D eigenvalue weighted by atomic mass is 16.5. The van der Waals surface area contributed by atoms with Gasteiger partial charge in [-0.2, -0.15) is 0 Å². The second-order valence-corrected chi connectivity index (χ2v) is 4.30. The zero-order chi connectivity index (χ0) is 13.8. The molecule has 0 aliphatic carbocycles. The quantitative estimate of drug-likeness (QED) is 0.790. The number of esters is 1. The summed E-state index contributed by atoms with van der Waals surface area (Å²) in [5, 5.41) is 3.84. The van der Waals surface area contributed by atoms with Crippen molar-refractivity contribution in [3.05, 3.63) is 47.3 Å². The van der Waals surface area contributed by atoms with Crippen molar-refractivity contribution in [1.29, 1.82) is 0 Å². The summed E-state index contributed by atoms with van der Waals surface area (Å²) in [4.78, 5) is 13.6. The Labute approximate surface area is 111 Å². The minimum Gasteiger partial charge on any atom is -0.465 e. The highest BCUT2D eigenvalue weighted by Crippen LogP contribution is 2.21. The van der Waals surface area contributed by atoms with Gasteiger partial charge in [-0.25, -0.2) is 4.79 Å². The van der Waals surface area contributed by atoms with Crippen LogP contribution in [0.3, 0.4) is 0 Å². The zero-order valence-corrected chi connectivity index (χ0v) is 11.2. The second kappa shape index (κ2) is 5.56. The maximum atomic E-state index is 11.7. The number of aryl methyl sites for hydroxylation is 1. The fraction of sp³-hybridized carbons (Fsp3) is 0.286. The molecule has 100 valence electrons. The number of carbonyl (C=O) groups is 1. The topological polar surface area (TPSA) is 55.6 Å². The molecule has 0 aliphatic rings. The number of nitrogens with zero attached hydrogens (tertiary/aromatic N) is 2. The Morgan fingerprint density at radius 3 is 2.79 bits per heavy atom. The van der Waals surface area contributed by atoms with E-state index in [4.69, 9.17) is 9.26 Å². The summed E-state index contributed by atoms with van der Waals surface area (Å²) in [6.07, 6.45) is 0. The van der Waals surface area contributed by atoms with Crippen LogP contribution in [-0.2, 0) is 11.3 Å². The van der Waals surface area contributed by atoms with Crippen LogP contribution >= 0.6 is 0 Å². The Morgan fingerprint density at radius 2 is 2.16 bits per heavy atom. The fourth-order valence-corrected chi connectivity index (χ4v) is 1.90. The maximum absolute atomic E-state index is 11.7. The van der Waals surface area contributed by atoms with Gasteiger partial charge in [-0.15, -0.1) is 0 Å². The summed E-state index contributed by atoms with van der Waals surface area (Å²) in [6, 6.07) is 9.17. The SMILES string of the molecule is COC(=O)c1ccccc1N(C)Cc1cc(C)no1. The van der Waals surface area contributed by atoms with Crippen molar-refractivity contribution in [2.24, 2.45) is 0 Å². The van der Waals surface area contributed by atoms with Gasteiger partial charge in [0.05, 0.1) is 30.6 Å². The number of methoxy groups -OCH3 is 1. The van der Waals surface area contributed by atoms with E-state index in [9.17, 15) is 4.79 Å². The molecule has 5 heteroatoms.